The molecule has 1 aromatic heterocycles. The molecule has 0 aromatic carbocycles. The number of amidine groups is 6. The van der Waals surface area contributed by atoms with Gasteiger partial charge in [-0.15, -0.1) is 79.0 Å². The third-order valence-corrected chi connectivity index (χ3v) is 7.61. The summed E-state index contributed by atoms with van der Waals surface area (Å²) in [5.41, 5.74) is -3.42. The highest BCUT2D eigenvalue weighted by molar-refractivity contribution is 6.44. The molecule has 7 heterocycles. The first-order valence-electron chi connectivity index (χ1n) is 17.3. The molecule has 6 N–H and O–H groups in total. The van der Waals surface area contributed by atoms with Crippen LogP contribution in [-0.4, -0.2) is 88.1 Å². The highest BCUT2D eigenvalue weighted by Crippen LogP contribution is 2.34. The van der Waals surface area contributed by atoms with Crippen molar-refractivity contribution in [2.45, 2.75) is 38.2 Å². The van der Waals surface area contributed by atoms with Crippen molar-refractivity contribution in [3.05, 3.63) is 70.2 Å². The number of nitrogens with zero attached hydrogens (tertiary/aromatic N) is 12. The Morgan fingerprint density at radius 2 is 0.458 bits per heavy atom. The molecule has 0 bridgehead atoms. The average molecular weight is 1060 g/mol. The second-order valence-electron chi connectivity index (χ2n) is 12.5. The Morgan fingerprint density at radius 1 is 0.306 bits per heavy atom. The first-order valence-corrected chi connectivity index (χ1v) is 17.3. The van der Waals surface area contributed by atoms with Crippen LogP contribution in [0, 0.1) is 34.0 Å². The van der Waals surface area contributed by atoms with Crippen LogP contribution in [0.3, 0.4) is 0 Å². The lowest BCUT2D eigenvalue weighted by Crippen LogP contribution is -2.47. The van der Waals surface area contributed by atoms with E-state index in [0.29, 0.717) is 0 Å². The number of aliphatic imine (C=N–C) groups is 6. The third-order valence-electron chi connectivity index (χ3n) is 7.61. The van der Waals surface area contributed by atoms with E-state index >= 15 is 0 Å². The van der Waals surface area contributed by atoms with Gasteiger partial charge in [0, 0.05) is 0 Å². The summed E-state index contributed by atoms with van der Waals surface area (Å²) in [6.45, 7) is 0. The Bertz CT molecular complexity index is 2610. The first kappa shape index (κ1) is 50.2. The number of hydrogen-bond acceptors (Lipinski definition) is 24. The van der Waals surface area contributed by atoms with Gasteiger partial charge >= 0.3 is 38.2 Å². The largest absolute Gasteiger partial charge is 0.574 e. The number of allylic oxidation sites excluding steroid dienone is 3. The molecule has 72 heavy (non-hydrogen) atoms. The van der Waals surface area contributed by atoms with E-state index < -0.39 is 160 Å². The summed E-state index contributed by atoms with van der Waals surface area (Å²) in [5, 5.41) is 40.8. The van der Waals surface area contributed by atoms with E-state index in [2.05, 4.69) is 73.3 Å². The van der Waals surface area contributed by atoms with Crippen molar-refractivity contribution in [1.82, 2.24) is 46.9 Å². The SMILES string of the molecule is N#CC(=C1N=C2NC(OC(F)(F)F)=C(OC(F)(F)F)NC2=N1)c1nc(C(C#N)=C2N=C3NC(OC(F)(F)F)=C(OC(F)(F)F)NC3=N2)nc(C(C#N)=C2N=C3NC(OC(F)(F)F)=C(OC(F)(F)F)NC3=N2)n1. The maximum absolute atomic E-state index is 13.1. The quantitative estimate of drug-likeness (QED) is 0.150. The fraction of sp³-hybridized carbons (Fsp3) is 0.200. The van der Waals surface area contributed by atoms with E-state index in [0.717, 1.165) is 0 Å². The van der Waals surface area contributed by atoms with Gasteiger partial charge in [0.1, 0.15) is 34.9 Å². The summed E-state index contributed by atoms with van der Waals surface area (Å²) in [7, 11) is 0. The molecule has 0 atom stereocenters. The monoisotopic (exact) mass is 1060 g/mol. The Labute approximate surface area is 378 Å². The Balaban J connectivity index is 1.39. The minimum Gasteiger partial charge on any atom is -0.384 e. The number of nitriles is 3. The lowest BCUT2D eigenvalue weighted by Gasteiger charge is -2.24. The van der Waals surface area contributed by atoms with Crippen LogP contribution in [0.4, 0.5) is 79.0 Å². The summed E-state index contributed by atoms with van der Waals surface area (Å²) in [5.74, 6) is -23.4. The zero-order valence-electron chi connectivity index (χ0n) is 32.6. The van der Waals surface area contributed by atoms with Gasteiger partial charge in [0.25, 0.3) is 35.3 Å². The molecule has 1 aromatic rings. The number of ether oxygens (including phenoxy) is 6. The normalized spacial score (nSPS) is 17.6. The van der Waals surface area contributed by atoms with Crippen LogP contribution in [-0.2, 0) is 28.4 Å². The van der Waals surface area contributed by atoms with Crippen LogP contribution in [0.2, 0.25) is 0 Å². The zero-order valence-corrected chi connectivity index (χ0v) is 32.6. The molecule has 7 rings (SSSR count). The number of fused-ring (bicyclic) bond motifs is 3. The number of halogens is 18. The topological polar surface area (TPSA) is 312 Å². The van der Waals surface area contributed by atoms with E-state index in [1.54, 1.807) is 31.9 Å². The lowest BCUT2D eigenvalue weighted by atomic mass is 10.2. The van der Waals surface area contributed by atoms with E-state index in [-0.39, 0.29) is 0 Å². The van der Waals surface area contributed by atoms with Crippen molar-refractivity contribution in [1.29, 1.82) is 15.8 Å². The molecule has 42 heteroatoms. The van der Waals surface area contributed by atoms with Gasteiger partial charge in [-0.3, -0.25) is 0 Å². The zero-order chi connectivity index (χ0) is 53.1. The Kier molecular flexibility index (Phi) is 12.1. The fourth-order valence-electron chi connectivity index (χ4n) is 5.31. The number of aromatic nitrogens is 3. The van der Waals surface area contributed by atoms with E-state index in [9.17, 15) is 94.8 Å². The minimum absolute atomic E-state index is 0.950. The predicted octanol–water partition coefficient (Wildman–Crippen LogP) is 4.06. The van der Waals surface area contributed by atoms with Gasteiger partial charge in [-0.25, -0.2) is 44.9 Å². The average Bonchev–Trinajstić information content (AvgIpc) is 3.92. The van der Waals surface area contributed by atoms with Crippen LogP contribution in [0.15, 0.2) is 82.7 Å². The van der Waals surface area contributed by atoms with Crippen molar-refractivity contribution >= 4 is 51.7 Å². The molecule has 24 nitrogen and oxygen atoms in total. The van der Waals surface area contributed by atoms with Crippen LogP contribution in [0.25, 0.3) is 16.7 Å². The second-order valence-corrected chi connectivity index (χ2v) is 12.5. The molecule has 6 aliphatic rings. The van der Waals surface area contributed by atoms with E-state index in [4.69, 9.17) is 0 Å². The maximum Gasteiger partial charge on any atom is 0.574 e. The lowest BCUT2D eigenvalue weighted by molar-refractivity contribution is -0.324. The number of nitrogens with one attached hydrogen (secondary N) is 6. The summed E-state index contributed by atoms with van der Waals surface area (Å²) in [6, 6.07) is 4.17. The molecular weight excluding hydrogens is 1050 g/mol. The molecular formula is C30H6F18N18O6. The molecule has 0 saturated carbocycles. The van der Waals surface area contributed by atoms with Crippen molar-refractivity contribution in [2.75, 3.05) is 0 Å². The van der Waals surface area contributed by atoms with Crippen molar-refractivity contribution in [3.8, 4) is 18.2 Å². The van der Waals surface area contributed by atoms with Crippen molar-refractivity contribution < 1.29 is 107 Å². The van der Waals surface area contributed by atoms with Crippen LogP contribution < -0.4 is 31.9 Å². The molecule has 0 saturated heterocycles. The molecule has 0 aliphatic carbocycles. The molecule has 0 amide bonds. The molecule has 6 aliphatic heterocycles. The van der Waals surface area contributed by atoms with Crippen molar-refractivity contribution in [3.63, 3.8) is 0 Å². The second kappa shape index (κ2) is 17.4. The number of alkyl halides is 18. The highest BCUT2D eigenvalue weighted by Gasteiger charge is 2.46. The number of hydrogen-bond donors (Lipinski definition) is 6. The van der Waals surface area contributed by atoms with E-state index in [1.165, 1.54) is 18.2 Å². The third kappa shape index (κ3) is 11.7. The summed E-state index contributed by atoms with van der Waals surface area (Å²) >= 11 is 0. The van der Waals surface area contributed by atoms with Gasteiger partial charge in [-0.2, -0.15) is 15.8 Å². The minimum atomic E-state index is -5.70. The molecule has 0 radical (unpaired) electrons. The smallest absolute Gasteiger partial charge is 0.384 e. The summed E-state index contributed by atoms with van der Waals surface area (Å²) < 4.78 is 258. The van der Waals surface area contributed by atoms with Gasteiger partial charge in [0.05, 0.1) is 0 Å². The van der Waals surface area contributed by atoms with Gasteiger partial charge in [0.2, 0.25) is 0 Å². The van der Waals surface area contributed by atoms with Gasteiger partial charge in [-0.1, -0.05) is 0 Å². The fourth-order valence-corrected chi connectivity index (χ4v) is 5.31. The predicted molar refractivity (Wildman–Crippen MR) is 185 cm³/mol. The molecule has 378 valence electrons. The van der Waals surface area contributed by atoms with Crippen LogP contribution in [0.1, 0.15) is 17.5 Å². The maximum atomic E-state index is 13.1. The standard InChI is InChI=1S/C30H6F18N18O6/c31-25(32,33)67-19-20(68-26(34,35)36)62-14-13(61-19)55-10(56-14)4(1-49)7-52-8(5(2-50)11-57-15-16(58-11)64-22(70-28(40,41)42)21(63-15)69-27(37,38)39)54-9(53-7)6(3-51)12-59-17-18(60-12)66-24(72-30(46,47)48)23(65-17)71-29(43,44)45/h(H,55,61)(H,56,62)(H,57,63)(H,58,64)(H,59,65)(H,60,66). The molecule has 0 fully saturated rings. The molecule has 0 spiro atoms. The van der Waals surface area contributed by atoms with E-state index in [1.807, 2.05) is 0 Å². The summed E-state index contributed by atoms with van der Waals surface area (Å²) in [6.07, 6.45) is -34.2. The highest BCUT2D eigenvalue weighted by atomic mass is 19.4. The Hall–Kier alpha value is -9.72. The van der Waals surface area contributed by atoms with Crippen molar-refractivity contribution in [2.24, 2.45) is 30.0 Å². The summed E-state index contributed by atoms with van der Waals surface area (Å²) in [4.78, 5) is 33.5. The Morgan fingerprint density at radius 3 is 0.583 bits per heavy atom. The van der Waals surface area contributed by atoms with Gasteiger partial charge < -0.3 is 60.3 Å². The van der Waals surface area contributed by atoms with Crippen LogP contribution >= 0.6 is 0 Å². The molecule has 0 unspecified atom stereocenters. The van der Waals surface area contributed by atoms with Gasteiger partial charge in [0.15, 0.2) is 69.9 Å². The van der Waals surface area contributed by atoms with Crippen LogP contribution in [0.5, 0.6) is 0 Å². The number of rotatable bonds is 9. The first-order chi connectivity index (χ1) is 33.2. The van der Waals surface area contributed by atoms with Gasteiger partial charge in [-0.05, 0) is 0 Å².